The lowest BCUT2D eigenvalue weighted by molar-refractivity contribution is 0.187. The molecule has 0 amide bonds. The summed E-state index contributed by atoms with van der Waals surface area (Å²) in [5, 5.41) is 3.66. The molecule has 2 aromatic carbocycles. The van der Waals surface area contributed by atoms with Crippen LogP contribution < -0.4 is 5.32 Å². The van der Waals surface area contributed by atoms with Crippen LogP contribution >= 0.6 is 0 Å². The van der Waals surface area contributed by atoms with E-state index in [0.717, 1.165) is 32.6 Å². The molecule has 1 aliphatic heterocycles. The maximum Gasteiger partial charge on any atom is 0.0234 e. The highest BCUT2D eigenvalue weighted by Crippen LogP contribution is 2.11. The van der Waals surface area contributed by atoms with Gasteiger partial charge in [-0.1, -0.05) is 60.7 Å². The van der Waals surface area contributed by atoms with Crippen LogP contribution in [0.5, 0.6) is 0 Å². The molecule has 21 heavy (non-hydrogen) atoms. The maximum atomic E-state index is 3.66. The molecule has 2 heteroatoms. The van der Waals surface area contributed by atoms with Crippen LogP contribution in [0.3, 0.4) is 0 Å². The Bertz CT molecular complexity index is 524. The van der Waals surface area contributed by atoms with Crippen molar-refractivity contribution in [3.63, 3.8) is 0 Å². The van der Waals surface area contributed by atoms with Gasteiger partial charge >= 0.3 is 0 Å². The number of piperazine rings is 1. The fourth-order valence-corrected chi connectivity index (χ4v) is 3.06. The summed E-state index contributed by atoms with van der Waals surface area (Å²) in [5.74, 6) is 0. The van der Waals surface area contributed by atoms with E-state index in [4.69, 9.17) is 0 Å². The number of nitrogens with zero attached hydrogens (tertiary/aromatic N) is 1. The molecular formula is C19H24N2. The Morgan fingerprint density at radius 3 is 2.29 bits per heavy atom. The molecule has 0 unspecified atom stereocenters. The van der Waals surface area contributed by atoms with Crippen molar-refractivity contribution >= 4 is 0 Å². The third kappa shape index (κ3) is 4.42. The molecule has 2 nitrogen and oxygen atoms in total. The van der Waals surface area contributed by atoms with Gasteiger partial charge in [0, 0.05) is 32.2 Å². The smallest absolute Gasteiger partial charge is 0.0234 e. The van der Waals surface area contributed by atoms with Crippen molar-refractivity contribution in [3.05, 3.63) is 71.8 Å². The van der Waals surface area contributed by atoms with E-state index in [1.165, 1.54) is 17.5 Å². The van der Waals surface area contributed by atoms with E-state index in [1.807, 2.05) is 0 Å². The first-order valence-corrected chi connectivity index (χ1v) is 7.94. The lowest BCUT2D eigenvalue weighted by atomic mass is 10.0. The molecule has 1 heterocycles. The zero-order chi connectivity index (χ0) is 14.3. The van der Waals surface area contributed by atoms with Gasteiger partial charge in [-0.15, -0.1) is 0 Å². The molecule has 0 aromatic heterocycles. The van der Waals surface area contributed by atoms with Crippen LogP contribution in [-0.2, 0) is 13.0 Å². The van der Waals surface area contributed by atoms with Gasteiger partial charge in [-0.05, 0) is 24.0 Å². The van der Waals surface area contributed by atoms with Crippen LogP contribution in [0, 0.1) is 0 Å². The van der Waals surface area contributed by atoms with Crippen LogP contribution in [0.1, 0.15) is 17.5 Å². The summed E-state index contributed by atoms with van der Waals surface area (Å²) in [7, 11) is 0. The third-order valence-electron chi connectivity index (χ3n) is 4.21. The summed E-state index contributed by atoms with van der Waals surface area (Å²) in [6, 6.07) is 22.2. The summed E-state index contributed by atoms with van der Waals surface area (Å²) in [4.78, 5) is 2.57. The van der Waals surface area contributed by atoms with E-state index in [-0.39, 0.29) is 0 Å². The van der Waals surface area contributed by atoms with Crippen molar-refractivity contribution < 1.29 is 0 Å². The molecule has 1 fully saturated rings. The largest absolute Gasteiger partial charge is 0.311 e. The molecule has 1 aliphatic rings. The first kappa shape index (κ1) is 14.3. The third-order valence-corrected chi connectivity index (χ3v) is 4.21. The number of hydrogen-bond acceptors (Lipinski definition) is 2. The average molecular weight is 280 g/mol. The monoisotopic (exact) mass is 280 g/mol. The van der Waals surface area contributed by atoms with E-state index in [2.05, 4.69) is 70.9 Å². The molecular weight excluding hydrogens is 256 g/mol. The second-order valence-corrected chi connectivity index (χ2v) is 5.90. The summed E-state index contributed by atoms with van der Waals surface area (Å²) in [5.41, 5.74) is 2.86. The van der Waals surface area contributed by atoms with Gasteiger partial charge in [-0.25, -0.2) is 0 Å². The molecule has 1 N–H and O–H groups in total. The van der Waals surface area contributed by atoms with Crippen molar-refractivity contribution in [1.82, 2.24) is 10.2 Å². The lowest BCUT2D eigenvalue weighted by Gasteiger charge is -2.33. The van der Waals surface area contributed by atoms with Crippen LogP contribution in [0.4, 0.5) is 0 Å². The van der Waals surface area contributed by atoms with Gasteiger partial charge < -0.3 is 5.32 Å². The summed E-state index contributed by atoms with van der Waals surface area (Å²) in [6.45, 7) is 4.48. The Hall–Kier alpha value is -1.64. The van der Waals surface area contributed by atoms with Crippen molar-refractivity contribution in [2.45, 2.75) is 25.4 Å². The van der Waals surface area contributed by atoms with Gasteiger partial charge in [0.2, 0.25) is 0 Å². The molecule has 110 valence electrons. The SMILES string of the molecule is c1ccc(CC[C@H]2CN(Cc3ccccc3)CCN2)cc1. The van der Waals surface area contributed by atoms with E-state index in [9.17, 15) is 0 Å². The number of aryl methyl sites for hydroxylation is 1. The zero-order valence-corrected chi connectivity index (χ0v) is 12.5. The van der Waals surface area contributed by atoms with Crippen LogP contribution in [-0.4, -0.2) is 30.6 Å². The molecule has 3 rings (SSSR count). The fraction of sp³-hybridized carbons (Fsp3) is 0.368. The predicted octanol–water partition coefficient (Wildman–Crippen LogP) is 3.09. The molecule has 1 atom stereocenters. The Labute approximate surface area is 127 Å². The zero-order valence-electron chi connectivity index (χ0n) is 12.5. The Morgan fingerprint density at radius 1 is 0.905 bits per heavy atom. The average Bonchev–Trinajstić information content (AvgIpc) is 2.55. The van der Waals surface area contributed by atoms with Crippen LogP contribution in [0.2, 0.25) is 0 Å². The second-order valence-electron chi connectivity index (χ2n) is 5.90. The number of nitrogens with one attached hydrogen (secondary N) is 1. The predicted molar refractivity (Wildman–Crippen MR) is 88.3 cm³/mol. The van der Waals surface area contributed by atoms with Crippen molar-refractivity contribution in [3.8, 4) is 0 Å². The highest BCUT2D eigenvalue weighted by molar-refractivity contribution is 5.16. The highest BCUT2D eigenvalue weighted by atomic mass is 15.2. The molecule has 2 aromatic rings. The highest BCUT2D eigenvalue weighted by Gasteiger charge is 2.18. The first-order valence-electron chi connectivity index (χ1n) is 7.94. The molecule has 0 saturated carbocycles. The van der Waals surface area contributed by atoms with Gasteiger partial charge in [0.1, 0.15) is 0 Å². The van der Waals surface area contributed by atoms with E-state index in [1.54, 1.807) is 0 Å². The van der Waals surface area contributed by atoms with Crippen molar-refractivity contribution in [2.75, 3.05) is 19.6 Å². The standard InChI is InChI=1S/C19H24N2/c1-3-7-17(8-4-1)11-12-19-16-21(14-13-20-19)15-18-9-5-2-6-10-18/h1-10,19-20H,11-16H2/t19-/m0/s1. The van der Waals surface area contributed by atoms with Gasteiger partial charge in [-0.2, -0.15) is 0 Å². The van der Waals surface area contributed by atoms with E-state index in [0.29, 0.717) is 6.04 Å². The van der Waals surface area contributed by atoms with Gasteiger partial charge in [0.25, 0.3) is 0 Å². The van der Waals surface area contributed by atoms with Gasteiger partial charge in [-0.3, -0.25) is 4.90 Å². The fourth-order valence-electron chi connectivity index (χ4n) is 3.06. The molecule has 0 radical (unpaired) electrons. The summed E-state index contributed by atoms with van der Waals surface area (Å²) < 4.78 is 0. The topological polar surface area (TPSA) is 15.3 Å². The number of benzene rings is 2. The van der Waals surface area contributed by atoms with E-state index >= 15 is 0 Å². The molecule has 0 bridgehead atoms. The minimum atomic E-state index is 0.614. The Balaban J connectivity index is 1.49. The number of rotatable bonds is 5. The van der Waals surface area contributed by atoms with Crippen LogP contribution in [0.15, 0.2) is 60.7 Å². The van der Waals surface area contributed by atoms with Crippen molar-refractivity contribution in [1.29, 1.82) is 0 Å². The van der Waals surface area contributed by atoms with Crippen LogP contribution in [0.25, 0.3) is 0 Å². The lowest BCUT2D eigenvalue weighted by Crippen LogP contribution is -2.50. The normalized spacial score (nSPS) is 19.5. The minimum Gasteiger partial charge on any atom is -0.311 e. The molecule has 1 saturated heterocycles. The second kappa shape index (κ2) is 7.39. The van der Waals surface area contributed by atoms with Crippen molar-refractivity contribution in [2.24, 2.45) is 0 Å². The maximum absolute atomic E-state index is 3.66. The quantitative estimate of drug-likeness (QED) is 0.905. The Morgan fingerprint density at radius 2 is 1.57 bits per heavy atom. The summed E-state index contributed by atoms with van der Waals surface area (Å²) >= 11 is 0. The minimum absolute atomic E-state index is 0.614. The van der Waals surface area contributed by atoms with E-state index < -0.39 is 0 Å². The van der Waals surface area contributed by atoms with Gasteiger partial charge in [0.15, 0.2) is 0 Å². The van der Waals surface area contributed by atoms with Gasteiger partial charge in [0.05, 0.1) is 0 Å². The number of hydrogen-bond donors (Lipinski definition) is 1. The molecule has 0 aliphatic carbocycles. The first-order chi connectivity index (χ1) is 10.4. The summed E-state index contributed by atoms with van der Waals surface area (Å²) in [6.07, 6.45) is 2.38. The molecule has 0 spiro atoms. The Kier molecular flexibility index (Phi) is 5.03.